The van der Waals surface area contributed by atoms with Crippen LogP contribution < -0.4 is 5.56 Å². The van der Waals surface area contributed by atoms with E-state index in [0.29, 0.717) is 5.56 Å². The molecule has 0 aromatic carbocycles. The topological polar surface area (TPSA) is 65.9 Å². The van der Waals surface area contributed by atoms with E-state index in [0.717, 1.165) is 52.9 Å². The van der Waals surface area contributed by atoms with Crippen molar-refractivity contribution < 1.29 is 4.74 Å². The van der Waals surface area contributed by atoms with Gasteiger partial charge in [-0.05, 0) is 24.8 Å². The minimum Gasteiger partial charge on any atom is -0.384 e. The number of hydrogen-bond donors (Lipinski definition) is 1. The van der Waals surface area contributed by atoms with E-state index in [1.165, 1.54) is 11.8 Å². The summed E-state index contributed by atoms with van der Waals surface area (Å²) in [5.41, 5.74) is 2.43. The molecule has 0 fully saturated rings. The third-order valence-corrected chi connectivity index (χ3v) is 5.27. The molecule has 4 nitrogen and oxygen atoms in total. The Morgan fingerprint density at radius 3 is 2.95 bits per heavy atom. The molecular formula is C13H16N2O2S2. The zero-order valence-corrected chi connectivity index (χ0v) is 12.5. The van der Waals surface area contributed by atoms with E-state index in [2.05, 4.69) is 11.1 Å². The highest BCUT2D eigenvalue weighted by atomic mass is 32.2. The van der Waals surface area contributed by atoms with Crippen LogP contribution in [0.3, 0.4) is 0 Å². The molecule has 0 saturated heterocycles. The van der Waals surface area contributed by atoms with Crippen LogP contribution in [-0.4, -0.2) is 29.5 Å². The Balaban J connectivity index is 2.11. The maximum atomic E-state index is 11.9. The molecule has 0 saturated carbocycles. The van der Waals surface area contributed by atoms with Gasteiger partial charge in [0.05, 0.1) is 17.2 Å². The number of methoxy groups -OCH3 is 1. The van der Waals surface area contributed by atoms with Gasteiger partial charge in [0.25, 0.3) is 5.56 Å². The fraction of sp³-hybridized carbons (Fsp3) is 0.538. The summed E-state index contributed by atoms with van der Waals surface area (Å²) >= 11 is 3.27. The molecule has 102 valence electrons. The number of fused-ring (bicyclic) bond motifs is 1. The van der Waals surface area contributed by atoms with Crippen molar-refractivity contribution in [2.45, 2.75) is 24.3 Å². The monoisotopic (exact) mass is 296 g/mol. The second-order valence-corrected chi connectivity index (χ2v) is 6.70. The summed E-state index contributed by atoms with van der Waals surface area (Å²) in [5.74, 6) is 0.917. The Kier molecular flexibility index (Phi) is 5.37. The molecule has 0 bridgehead atoms. The Morgan fingerprint density at radius 2 is 2.21 bits per heavy atom. The zero-order valence-electron chi connectivity index (χ0n) is 10.8. The number of pyridine rings is 1. The number of nitriles is 1. The van der Waals surface area contributed by atoms with E-state index in [9.17, 15) is 10.1 Å². The van der Waals surface area contributed by atoms with Gasteiger partial charge in [0, 0.05) is 23.5 Å². The number of thioether (sulfide) groups is 2. The first kappa shape index (κ1) is 14.5. The molecule has 0 amide bonds. The van der Waals surface area contributed by atoms with Gasteiger partial charge in [-0.25, -0.2) is 0 Å². The van der Waals surface area contributed by atoms with Crippen LogP contribution in [-0.2, 0) is 17.6 Å². The van der Waals surface area contributed by atoms with Crippen LogP contribution in [0.4, 0.5) is 0 Å². The first-order valence-electron chi connectivity index (χ1n) is 6.15. The molecular weight excluding hydrogens is 280 g/mol. The standard InChI is InChI=1S/C13H16N2O2S2/c1-17-5-6-18-8-19-13-11(7-14)9-3-2-4-10(9)12(16)15-13/h2-6,8H2,1H3,(H,15,16). The number of rotatable bonds is 6. The number of ether oxygens (including phenoxy) is 1. The van der Waals surface area contributed by atoms with Crippen LogP contribution in [0.2, 0.25) is 0 Å². The van der Waals surface area contributed by atoms with E-state index in [1.807, 2.05) is 0 Å². The Bertz CT molecular complexity index is 549. The molecule has 0 aliphatic heterocycles. The summed E-state index contributed by atoms with van der Waals surface area (Å²) in [6, 6.07) is 2.25. The molecule has 1 aliphatic rings. The number of nitrogens with zero attached hydrogens (tertiary/aromatic N) is 1. The molecule has 1 heterocycles. The van der Waals surface area contributed by atoms with Gasteiger partial charge in [0.1, 0.15) is 6.07 Å². The molecule has 1 aromatic heterocycles. The number of hydrogen-bond acceptors (Lipinski definition) is 5. The highest BCUT2D eigenvalue weighted by molar-refractivity contribution is 8.16. The Hall–Kier alpha value is -0.900. The second-order valence-electron chi connectivity index (χ2n) is 4.24. The fourth-order valence-electron chi connectivity index (χ4n) is 2.18. The van der Waals surface area contributed by atoms with Gasteiger partial charge < -0.3 is 9.72 Å². The van der Waals surface area contributed by atoms with Gasteiger partial charge in [-0.15, -0.1) is 11.8 Å². The predicted octanol–water partition coefficient (Wildman–Crippen LogP) is 2.16. The molecule has 0 radical (unpaired) electrons. The normalized spacial score (nSPS) is 13.3. The van der Waals surface area contributed by atoms with Crippen molar-refractivity contribution in [1.82, 2.24) is 4.98 Å². The van der Waals surface area contributed by atoms with Crippen molar-refractivity contribution in [2.24, 2.45) is 0 Å². The smallest absolute Gasteiger partial charge is 0.252 e. The predicted molar refractivity (Wildman–Crippen MR) is 78.9 cm³/mol. The third-order valence-electron chi connectivity index (χ3n) is 3.08. The summed E-state index contributed by atoms with van der Waals surface area (Å²) in [7, 11) is 1.68. The van der Waals surface area contributed by atoms with Gasteiger partial charge >= 0.3 is 0 Å². The lowest BCUT2D eigenvalue weighted by Gasteiger charge is -2.08. The number of H-pyrrole nitrogens is 1. The minimum absolute atomic E-state index is 0.0177. The average Bonchev–Trinajstić information content (AvgIpc) is 2.88. The van der Waals surface area contributed by atoms with Crippen LogP contribution in [0, 0.1) is 11.3 Å². The Morgan fingerprint density at radius 1 is 1.42 bits per heavy atom. The third kappa shape index (κ3) is 3.35. The van der Waals surface area contributed by atoms with Gasteiger partial charge in [0.2, 0.25) is 0 Å². The van der Waals surface area contributed by atoms with Crippen molar-refractivity contribution in [3.63, 3.8) is 0 Å². The van der Waals surface area contributed by atoms with Gasteiger partial charge in [-0.1, -0.05) is 11.8 Å². The fourth-order valence-corrected chi connectivity index (χ4v) is 4.22. The maximum Gasteiger partial charge on any atom is 0.252 e. The van der Waals surface area contributed by atoms with Crippen molar-refractivity contribution in [2.75, 3.05) is 24.6 Å². The van der Waals surface area contributed by atoms with Crippen molar-refractivity contribution in [3.05, 3.63) is 27.0 Å². The second kappa shape index (κ2) is 7.04. The van der Waals surface area contributed by atoms with E-state index in [4.69, 9.17) is 4.74 Å². The van der Waals surface area contributed by atoms with E-state index >= 15 is 0 Å². The maximum absolute atomic E-state index is 11.9. The van der Waals surface area contributed by atoms with Crippen LogP contribution >= 0.6 is 23.5 Å². The van der Waals surface area contributed by atoms with E-state index in [-0.39, 0.29) is 5.56 Å². The van der Waals surface area contributed by atoms with Crippen LogP contribution in [0.5, 0.6) is 0 Å². The summed E-state index contributed by atoms with van der Waals surface area (Å²) in [5, 5.41) is 10.8. The molecule has 1 aliphatic carbocycles. The molecule has 19 heavy (non-hydrogen) atoms. The summed E-state index contributed by atoms with van der Waals surface area (Å²) in [4.78, 5) is 14.8. The minimum atomic E-state index is -0.0177. The summed E-state index contributed by atoms with van der Waals surface area (Å²) in [6.07, 6.45) is 2.63. The Labute approximate surface area is 120 Å². The van der Waals surface area contributed by atoms with Crippen LogP contribution in [0.1, 0.15) is 23.1 Å². The first-order chi connectivity index (χ1) is 9.27. The molecule has 0 atom stereocenters. The lowest BCUT2D eigenvalue weighted by molar-refractivity contribution is 0.219. The van der Waals surface area contributed by atoms with Gasteiger partial charge in [0.15, 0.2) is 0 Å². The highest BCUT2D eigenvalue weighted by Crippen LogP contribution is 2.29. The SMILES string of the molecule is COCCSCSc1[nH]c(=O)c2c(c1C#N)CCC2. The van der Waals surface area contributed by atoms with Crippen molar-refractivity contribution in [3.8, 4) is 6.07 Å². The first-order valence-corrected chi connectivity index (χ1v) is 8.29. The number of aromatic nitrogens is 1. The highest BCUT2D eigenvalue weighted by Gasteiger charge is 2.21. The summed E-state index contributed by atoms with van der Waals surface area (Å²) < 4.78 is 4.98. The average molecular weight is 296 g/mol. The molecule has 1 N–H and O–H groups in total. The quantitative estimate of drug-likeness (QED) is 0.495. The lowest BCUT2D eigenvalue weighted by atomic mass is 10.1. The number of aromatic amines is 1. The van der Waals surface area contributed by atoms with Crippen LogP contribution in [0.25, 0.3) is 0 Å². The van der Waals surface area contributed by atoms with Crippen molar-refractivity contribution >= 4 is 23.5 Å². The molecule has 0 unspecified atom stereocenters. The van der Waals surface area contributed by atoms with Crippen molar-refractivity contribution in [1.29, 1.82) is 5.26 Å². The summed E-state index contributed by atoms with van der Waals surface area (Å²) in [6.45, 7) is 0.719. The molecule has 2 rings (SSSR count). The number of nitrogens with one attached hydrogen (secondary N) is 1. The lowest BCUT2D eigenvalue weighted by Crippen LogP contribution is -2.15. The van der Waals surface area contributed by atoms with E-state index < -0.39 is 0 Å². The van der Waals surface area contributed by atoms with Gasteiger partial charge in [-0.2, -0.15) is 5.26 Å². The largest absolute Gasteiger partial charge is 0.384 e. The molecule has 0 spiro atoms. The molecule has 1 aromatic rings. The molecule has 6 heteroatoms. The van der Waals surface area contributed by atoms with E-state index in [1.54, 1.807) is 18.9 Å². The van der Waals surface area contributed by atoms with Gasteiger partial charge in [-0.3, -0.25) is 4.79 Å². The zero-order chi connectivity index (χ0) is 13.7. The van der Waals surface area contributed by atoms with Crippen LogP contribution in [0.15, 0.2) is 9.82 Å².